The Morgan fingerprint density at radius 2 is 1.44 bits per heavy atom. The molecule has 56 valence electrons. The van der Waals surface area contributed by atoms with Crippen LogP contribution in [0.15, 0.2) is 0 Å². The maximum Gasteiger partial charge on any atom is 0.146 e. The molecule has 0 aromatic carbocycles. The van der Waals surface area contributed by atoms with Crippen LogP contribution in [0.5, 0.6) is 0 Å². The first-order chi connectivity index (χ1) is 4.24. The third kappa shape index (κ3) is 2.23. The minimum absolute atomic E-state index is 0.640. The molecule has 0 aliphatic carbocycles. The highest BCUT2D eigenvalue weighted by Gasteiger charge is 2.25. The van der Waals surface area contributed by atoms with E-state index in [0.29, 0.717) is 0 Å². The Morgan fingerprint density at radius 1 is 1.11 bits per heavy atom. The molecule has 0 rings (SSSR count). The van der Waals surface area contributed by atoms with Gasteiger partial charge in [0.1, 0.15) is 9.28 Å². The molecule has 0 aliphatic rings. The third-order valence-corrected chi connectivity index (χ3v) is 14.3. The van der Waals surface area contributed by atoms with Gasteiger partial charge in [0.2, 0.25) is 0 Å². The predicted molar refractivity (Wildman–Crippen MR) is 48.0 cm³/mol. The number of hydrogen-bond acceptors (Lipinski definition) is 1. The van der Waals surface area contributed by atoms with Crippen LogP contribution in [0.4, 0.5) is 0 Å². The summed E-state index contributed by atoms with van der Waals surface area (Å²) in [6, 6.07) is 3.88. The molecule has 0 spiro atoms. The Kier molecular flexibility index (Phi) is 4.43. The molecule has 0 aromatic heterocycles. The topological polar surface area (TPSA) is 20.2 Å². The highest BCUT2D eigenvalue weighted by atomic mass is 29.2. The SMILES string of the molecule is CC[Si](CC)(CC)[SiH2]O. The van der Waals surface area contributed by atoms with E-state index in [4.69, 9.17) is 0 Å². The predicted octanol–water partition coefficient (Wildman–Crippen LogP) is 1.07. The van der Waals surface area contributed by atoms with Crippen molar-refractivity contribution in [3.63, 3.8) is 0 Å². The van der Waals surface area contributed by atoms with E-state index >= 15 is 0 Å². The normalized spacial score (nSPS) is 13.3. The zero-order chi connectivity index (χ0) is 7.33. The summed E-state index contributed by atoms with van der Waals surface area (Å²) < 4.78 is 0. The van der Waals surface area contributed by atoms with E-state index in [-0.39, 0.29) is 0 Å². The van der Waals surface area contributed by atoms with E-state index in [1.807, 2.05) is 0 Å². The van der Waals surface area contributed by atoms with Crippen LogP contribution >= 0.6 is 0 Å². The largest absolute Gasteiger partial charge is 0.441 e. The second-order valence-electron chi connectivity index (χ2n) is 2.72. The molecule has 0 saturated heterocycles. The molecule has 0 amide bonds. The van der Waals surface area contributed by atoms with Crippen LogP contribution in [0, 0.1) is 0 Å². The maximum absolute atomic E-state index is 9.18. The first kappa shape index (κ1) is 9.39. The molecule has 0 atom stereocenters. The molecule has 0 bridgehead atoms. The second kappa shape index (κ2) is 4.25. The zero-order valence-corrected chi connectivity index (χ0v) is 9.19. The van der Waals surface area contributed by atoms with Gasteiger partial charge in [-0.2, -0.15) is 0 Å². The summed E-state index contributed by atoms with van der Waals surface area (Å²) in [6.07, 6.45) is 0. The van der Waals surface area contributed by atoms with Crippen LogP contribution < -0.4 is 0 Å². The standard InChI is InChI=1S/C6H18OSi2/c1-4-9(5-2,6-3)8-7/h7H,4-6,8H2,1-3H3. The van der Waals surface area contributed by atoms with E-state index in [2.05, 4.69) is 20.8 Å². The van der Waals surface area contributed by atoms with Gasteiger partial charge < -0.3 is 4.80 Å². The van der Waals surface area contributed by atoms with Crippen molar-refractivity contribution in [2.24, 2.45) is 0 Å². The van der Waals surface area contributed by atoms with Gasteiger partial charge in [0.05, 0.1) is 7.59 Å². The van der Waals surface area contributed by atoms with Crippen molar-refractivity contribution in [2.45, 2.75) is 38.9 Å². The number of rotatable bonds is 4. The van der Waals surface area contributed by atoms with Gasteiger partial charge in [0.15, 0.2) is 0 Å². The fraction of sp³-hybridized carbons (Fsp3) is 1.00. The first-order valence-corrected chi connectivity index (χ1v) is 9.43. The average molecular weight is 162 g/mol. The molecule has 0 heterocycles. The van der Waals surface area contributed by atoms with Crippen molar-refractivity contribution in [3.05, 3.63) is 0 Å². The summed E-state index contributed by atoms with van der Waals surface area (Å²) >= 11 is 0. The molecule has 0 fully saturated rings. The van der Waals surface area contributed by atoms with Crippen molar-refractivity contribution in [3.8, 4) is 0 Å². The van der Waals surface area contributed by atoms with Crippen LogP contribution in [0.25, 0.3) is 0 Å². The monoisotopic (exact) mass is 162 g/mol. The van der Waals surface area contributed by atoms with Crippen molar-refractivity contribution in [1.82, 2.24) is 0 Å². The lowest BCUT2D eigenvalue weighted by Gasteiger charge is -2.23. The highest BCUT2D eigenvalue weighted by Crippen LogP contribution is 2.16. The molecule has 0 aliphatic heterocycles. The Balaban J connectivity index is 3.82. The molecule has 0 unspecified atom stereocenters. The van der Waals surface area contributed by atoms with E-state index < -0.39 is 16.9 Å². The van der Waals surface area contributed by atoms with Gasteiger partial charge in [0, 0.05) is 0 Å². The summed E-state index contributed by atoms with van der Waals surface area (Å²) in [5, 5.41) is 0. The Bertz CT molecular complexity index is 53.9. The van der Waals surface area contributed by atoms with Gasteiger partial charge in [-0.05, 0) is 0 Å². The van der Waals surface area contributed by atoms with Gasteiger partial charge in [-0.15, -0.1) is 0 Å². The quantitative estimate of drug-likeness (QED) is 0.613. The van der Waals surface area contributed by atoms with Gasteiger partial charge in [-0.3, -0.25) is 0 Å². The molecule has 1 nitrogen and oxygen atoms in total. The van der Waals surface area contributed by atoms with Crippen LogP contribution in [-0.2, 0) is 0 Å². The molecular weight excluding hydrogens is 144 g/mol. The molecule has 1 N–H and O–H groups in total. The van der Waals surface area contributed by atoms with Crippen LogP contribution in [-0.4, -0.2) is 21.7 Å². The summed E-state index contributed by atoms with van der Waals surface area (Å²) in [7, 11) is -1.64. The van der Waals surface area contributed by atoms with Crippen molar-refractivity contribution in [1.29, 1.82) is 0 Å². The Hall–Kier alpha value is 0.394. The van der Waals surface area contributed by atoms with Gasteiger partial charge in [-0.1, -0.05) is 38.9 Å². The minimum atomic E-state index is -0.997. The van der Waals surface area contributed by atoms with Crippen molar-refractivity contribution in [2.75, 3.05) is 0 Å². The Labute approximate surface area is 61.2 Å². The fourth-order valence-corrected chi connectivity index (χ4v) is 5.27. The van der Waals surface area contributed by atoms with E-state index in [1.54, 1.807) is 0 Å². The molecule has 0 radical (unpaired) electrons. The minimum Gasteiger partial charge on any atom is -0.441 e. The second-order valence-corrected chi connectivity index (χ2v) is 13.6. The van der Waals surface area contributed by atoms with Crippen molar-refractivity contribution < 1.29 is 4.80 Å². The van der Waals surface area contributed by atoms with E-state index in [0.717, 1.165) is 0 Å². The van der Waals surface area contributed by atoms with Crippen molar-refractivity contribution >= 4 is 16.9 Å². The van der Waals surface area contributed by atoms with E-state index in [1.165, 1.54) is 18.1 Å². The van der Waals surface area contributed by atoms with E-state index in [9.17, 15) is 4.80 Å². The fourth-order valence-electron chi connectivity index (χ4n) is 1.09. The molecule has 0 saturated carbocycles. The number of hydrogen-bond donors (Lipinski definition) is 1. The summed E-state index contributed by atoms with van der Waals surface area (Å²) in [5.41, 5.74) is 0. The maximum atomic E-state index is 9.18. The van der Waals surface area contributed by atoms with Gasteiger partial charge >= 0.3 is 0 Å². The highest BCUT2D eigenvalue weighted by molar-refractivity contribution is 7.22. The average Bonchev–Trinajstić information content (AvgIpc) is 1.95. The summed E-state index contributed by atoms with van der Waals surface area (Å²) in [6.45, 7) is 6.72. The molecule has 0 aromatic rings. The molecule has 3 heteroatoms. The molecule has 9 heavy (non-hydrogen) atoms. The first-order valence-electron chi connectivity index (χ1n) is 3.85. The van der Waals surface area contributed by atoms with Gasteiger partial charge in [0.25, 0.3) is 0 Å². The van der Waals surface area contributed by atoms with Crippen LogP contribution in [0.3, 0.4) is 0 Å². The summed E-state index contributed by atoms with van der Waals surface area (Å²) in [5.74, 6) is 0. The smallest absolute Gasteiger partial charge is 0.146 e. The Morgan fingerprint density at radius 3 is 1.44 bits per heavy atom. The summed E-state index contributed by atoms with van der Waals surface area (Å²) in [4.78, 5) is 9.18. The lowest BCUT2D eigenvalue weighted by Crippen LogP contribution is -2.39. The van der Waals surface area contributed by atoms with Gasteiger partial charge in [-0.25, -0.2) is 0 Å². The third-order valence-electron chi connectivity index (χ3n) is 2.59. The van der Waals surface area contributed by atoms with Crippen LogP contribution in [0.2, 0.25) is 18.1 Å². The lowest BCUT2D eigenvalue weighted by atomic mass is 10.9. The molecular formula is C6H18OSi2. The van der Waals surface area contributed by atoms with Crippen LogP contribution in [0.1, 0.15) is 20.8 Å². The zero-order valence-electron chi connectivity index (χ0n) is 6.78. The lowest BCUT2D eigenvalue weighted by molar-refractivity contribution is 0.617.